The monoisotopic (exact) mass is 471 g/mol. The van der Waals surface area contributed by atoms with Crippen molar-refractivity contribution in [2.75, 3.05) is 49.6 Å². The number of nitrogens with zero attached hydrogens (tertiary/aromatic N) is 4. The van der Waals surface area contributed by atoms with Crippen LogP contribution in [0, 0.1) is 12.3 Å². The number of nitrogens with one attached hydrogen (secondary N) is 1. The molecule has 2 saturated heterocycles. The SMILES string of the molecule is C#Cc1cc(OC2CCN(C(C)C)CC2)c2nc(Nc3cccc(N4CCOCC4)c3)ncc2c1. The second kappa shape index (κ2) is 10.5. The number of hydrogen-bond acceptors (Lipinski definition) is 7. The van der Waals surface area contributed by atoms with Crippen molar-refractivity contribution in [3.8, 4) is 18.1 Å². The van der Waals surface area contributed by atoms with Gasteiger partial charge < -0.3 is 24.6 Å². The Morgan fingerprint density at radius 2 is 1.91 bits per heavy atom. The lowest BCUT2D eigenvalue weighted by Gasteiger charge is -2.34. The first-order valence-corrected chi connectivity index (χ1v) is 12.5. The molecule has 2 aliphatic heterocycles. The standard InChI is InChI=1S/C28H33N5O2/c1-4-21-16-22-19-29-28(30-23-6-5-7-24(18-23)33-12-14-34-15-13-33)31-27(22)26(17-21)35-25-8-10-32(11-9-25)20(2)3/h1,5-7,16-20,25H,8-15H2,2-3H3,(H,29,30,31). The van der Waals surface area contributed by atoms with E-state index in [4.69, 9.17) is 20.9 Å². The molecule has 2 fully saturated rings. The molecule has 182 valence electrons. The first-order valence-electron chi connectivity index (χ1n) is 12.5. The zero-order chi connectivity index (χ0) is 24.2. The lowest BCUT2D eigenvalue weighted by Crippen LogP contribution is -2.41. The Hall–Kier alpha value is -3.34. The van der Waals surface area contributed by atoms with Gasteiger partial charge in [0.05, 0.1) is 13.2 Å². The summed E-state index contributed by atoms with van der Waals surface area (Å²) in [6.07, 6.45) is 9.67. The Kier molecular flexibility index (Phi) is 7.03. The molecule has 0 saturated carbocycles. The van der Waals surface area contributed by atoms with Gasteiger partial charge in [-0.1, -0.05) is 12.0 Å². The molecule has 3 aromatic rings. The number of piperidine rings is 1. The Labute approximate surface area is 207 Å². The fourth-order valence-corrected chi connectivity index (χ4v) is 4.77. The highest BCUT2D eigenvalue weighted by molar-refractivity contribution is 5.86. The van der Waals surface area contributed by atoms with Gasteiger partial charge in [0.2, 0.25) is 5.95 Å². The van der Waals surface area contributed by atoms with Gasteiger partial charge in [0, 0.05) is 60.7 Å². The maximum absolute atomic E-state index is 6.48. The van der Waals surface area contributed by atoms with E-state index in [1.54, 1.807) is 0 Å². The van der Waals surface area contributed by atoms with Crippen LogP contribution < -0.4 is 15.0 Å². The van der Waals surface area contributed by atoms with E-state index in [2.05, 4.69) is 52.0 Å². The van der Waals surface area contributed by atoms with Crippen LogP contribution in [0.2, 0.25) is 0 Å². The molecule has 0 spiro atoms. The predicted octanol–water partition coefficient (Wildman–Crippen LogP) is 4.44. The minimum Gasteiger partial charge on any atom is -0.488 e. The summed E-state index contributed by atoms with van der Waals surface area (Å²) in [7, 11) is 0. The molecule has 35 heavy (non-hydrogen) atoms. The van der Waals surface area contributed by atoms with E-state index in [0.717, 1.165) is 85.8 Å². The highest BCUT2D eigenvalue weighted by Gasteiger charge is 2.23. The molecule has 0 aliphatic carbocycles. The fourth-order valence-electron chi connectivity index (χ4n) is 4.77. The Morgan fingerprint density at radius 3 is 2.66 bits per heavy atom. The molecule has 0 unspecified atom stereocenters. The van der Waals surface area contributed by atoms with Crippen LogP contribution in [0.4, 0.5) is 17.3 Å². The molecular weight excluding hydrogens is 438 g/mol. The number of aromatic nitrogens is 2. The topological polar surface area (TPSA) is 62.8 Å². The van der Waals surface area contributed by atoms with Crippen molar-refractivity contribution >= 4 is 28.2 Å². The Balaban J connectivity index is 1.38. The first kappa shape index (κ1) is 23.4. The van der Waals surface area contributed by atoms with Gasteiger partial charge in [0.25, 0.3) is 0 Å². The second-order valence-electron chi connectivity index (χ2n) is 9.47. The molecule has 0 radical (unpaired) electrons. The van der Waals surface area contributed by atoms with Crippen molar-refractivity contribution in [2.24, 2.45) is 0 Å². The number of fused-ring (bicyclic) bond motifs is 1. The van der Waals surface area contributed by atoms with Crippen molar-refractivity contribution < 1.29 is 9.47 Å². The highest BCUT2D eigenvalue weighted by atomic mass is 16.5. The van der Waals surface area contributed by atoms with Gasteiger partial charge in [-0.15, -0.1) is 6.42 Å². The van der Waals surface area contributed by atoms with E-state index in [9.17, 15) is 0 Å². The lowest BCUT2D eigenvalue weighted by molar-refractivity contribution is 0.0852. The third-order valence-electron chi connectivity index (χ3n) is 6.79. The third kappa shape index (κ3) is 5.50. The molecule has 2 aliphatic rings. The number of likely N-dealkylation sites (tertiary alicyclic amines) is 1. The van der Waals surface area contributed by atoms with Gasteiger partial charge in [0.1, 0.15) is 17.4 Å². The molecule has 5 rings (SSSR count). The molecule has 3 heterocycles. The van der Waals surface area contributed by atoms with Gasteiger partial charge in [0.15, 0.2) is 0 Å². The van der Waals surface area contributed by atoms with Crippen molar-refractivity contribution in [3.63, 3.8) is 0 Å². The van der Waals surface area contributed by atoms with E-state index in [1.165, 1.54) is 0 Å². The average molecular weight is 472 g/mol. The number of rotatable bonds is 6. The summed E-state index contributed by atoms with van der Waals surface area (Å²) in [5, 5.41) is 4.25. The summed E-state index contributed by atoms with van der Waals surface area (Å²) >= 11 is 0. The van der Waals surface area contributed by atoms with Gasteiger partial charge in [-0.25, -0.2) is 9.97 Å². The van der Waals surface area contributed by atoms with Crippen molar-refractivity contribution in [1.82, 2.24) is 14.9 Å². The summed E-state index contributed by atoms with van der Waals surface area (Å²) in [5.41, 5.74) is 3.65. The fraction of sp³-hybridized carbons (Fsp3) is 0.429. The minimum absolute atomic E-state index is 0.151. The number of ether oxygens (including phenoxy) is 2. The smallest absolute Gasteiger partial charge is 0.227 e. The molecular formula is C28H33N5O2. The van der Waals surface area contributed by atoms with Crippen LogP contribution in [0.15, 0.2) is 42.6 Å². The second-order valence-corrected chi connectivity index (χ2v) is 9.47. The summed E-state index contributed by atoms with van der Waals surface area (Å²) in [5.74, 6) is 4.00. The van der Waals surface area contributed by atoms with Crippen LogP contribution in [0.5, 0.6) is 5.75 Å². The molecule has 0 atom stereocenters. The molecule has 7 heteroatoms. The molecule has 1 aromatic heterocycles. The Morgan fingerprint density at radius 1 is 1.11 bits per heavy atom. The zero-order valence-corrected chi connectivity index (χ0v) is 20.5. The maximum atomic E-state index is 6.48. The van der Waals surface area contributed by atoms with Crippen LogP contribution in [-0.2, 0) is 4.74 Å². The van der Waals surface area contributed by atoms with E-state index in [1.807, 2.05) is 30.5 Å². The van der Waals surface area contributed by atoms with E-state index >= 15 is 0 Å². The molecule has 0 amide bonds. The molecule has 1 N–H and O–H groups in total. The number of terminal acetylenes is 1. The molecule has 2 aromatic carbocycles. The first-order chi connectivity index (χ1) is 17.1. The minimum atomic E-state index is 0.151. The van der Waals surface area contributed by atoms with Crippen LogP contribution >= 0.6 is 0 Å². The lowest BCUT2D eigenvalue weighted by atomic mass is 10.1. The highest BCUT2D eigenvalue weighted by Crippen LogP contribution is 2.30. The van der Waals surface area contributed by atoms with Crippen molar-refractivity contribution in [3.05, 3.63) is 48.2 Å². The maximum Gasteiger partial charge on any atom is 0.227 e. The van der Waals surface area contributed by atoms with Gasteiger partial charge in [-0.2, -0.15) is 0 Å². The van der Waals surface area contributed by atoms with E-state index in [0.29, 0.717) is 12.0 Å². The number of morpholine rings is 1. The zero-order valence-electron chi connectivity index (χ0n) is 20.5. The quantitative estimate of drug-likeness (QED) is 0.533. The number of hydrogen-bond donors (Lipinski definition) is 1. The summed E-state index contributed by atoms with van der Waals surface area (Å²) in [6.45, 7) is 9.86. The van der Waals surface area contributed by atoms with Crippen LogP contribution in [0.3, 0.4) is 0 Å². The van der Waals surface area contributed by atoms with Crippen LogP contribution in [0.1, 0.15) is 32.3 Å². The normalized spacial score (nSPS) is 17.5. The van der Waals surface area contributed by atoms with E-state index in [-0.39, 0.29) is 6.10 Å². The van der Waals surface area contributed by atoms with Crippen molar-refractivity contribution in [1.29, 1.82) is 0 Å². The third-order valence-corrected chi connectivity index (χ3v) is 6.79. The number of anilines is 3. The largest absolute Gasteiger partial charge is 0.488 e. The summed E-state index contributed by atoms with van der Waals surface area (Å²) < 4.78 is 12.0. The average Bonchev–Trinajstić information content (AvgIpc) is 2.90. The van der Waals surface area contributed by atoms with Crippen molar-refractivity contribution in [2.45, 2.75) is 38.8 Å². The van der Waals surface area contributed by atoms with Gasteiger partial charge >= 0.3 is 0 Å². The van der Waals surface area contributed by atoms with Gasteiger partial charge in [-0.05, 0) is 57.0 Å². The van der Waals surface area contributed by atoms with E-state index < -0.39 is 0 Å². The molecule has 0 bridgehead atoms. The summed E-state index contributed by atoms with van der Waals surface area (Å²) in [4.78, 5) is 14.2. The van der Waals surface area contributed by atoms with Crippen LogP contribution in [-0.4, -0.2) is 66.4 Å². The van der Waals surface area contributed by atoms with Crippen LogP contribution in [0.25, 0.3) is 10.9 Å². The van der Waals surface area contributed by atoms with Gasteiger partial charge in [-0.3, -0.25) is 0 Å². The Bertz CT molecular complexity index is 1210. The predicted molar refractivity (Wildman–Crippen MR) is 141 cm³/mol. The molecule has 7 nitrogen and oxygen atoms in total. The summed E-state index contributed by atoms with van der Waals surface area (Å²) in [6, 6.07) is 12.7. The number of benzene rings is 2.